The average molecular weight is 246 g/mol. The number of ether oxygens (including phenoxy) is 1. The molecule has 0 spiro atoms. The molecule has 0 N–H and O–H groups in total. The van der Waals surface area contributed by atoms with Gasteiger partial charge >= 0.3 is 0 Å². The summed E-state index contributed by atoms with van der Waals surface area (Å²) in [7, 11) is 0. The minimum atomic E-state index is 0.177. The standard InChI is InChI=1S/C16H22O2/c17-15(11-10-14-7-3-1-4-8-14)13-16-9-5-2-6-12-18-16/h1,3-4,7-8,16H,2,5-6,9-13H2. The summed E-state index contributed by atoms with van der Waals surface area (Å²) in [5, 5.41) is 0. The minimum absolute atomic E-state index is 0.177. The highest BCUT2D eigenvalue weighted by Gasteiger charge is 2.16. The Morgan fingerprint density at radius 2 is 2.00 bits per heavy atom. The van der Waals surface area contributed by atoms with E-state index < -0.39 is 0 Å². The number of benzene rings is 1. The van der Waals surface area contributed by atoms with Crippen LogP contribution in [0.5, 0.6) is 0 Å². The first-order valence-electron chi connectivity index (χ1n) is 7.02. The van der Waals surface area contributed by atoms with E-state index in [9.17, 15) is 4.79 Å². The van der Waals surface area contributed by atoms with Crippen molar-refractivity contribution in [3.05, 3.63) is 35.9 Å². The summed E-state index contributed by atoms with van der Waals surface area (Å²) in [6.45, 7) is 0.830. The Morgan fingerprint density at radius 3 is 2.83 bits per heavy atom. The fourth-order valence-corrected chi connectivity index (χ4v) is 2.43. The van der Waals surface area contributed by atoms with Crippen LogP contribution in [-0.4, -0.2) is 18.5 Å². The van der Waals surface area contributed by atoms with Gasteiger partial charge in [0.15, 0.2) is 0 Å². The van der Waals surface area contributed by atoms with Gasteiger partial charge in [-0.1, -0.05) is 43.2 Å². The van der Waals surface area contributed by atoms with Crippen LogP contribution in [0.15, 0.2) is 30.3 Å². The predicted octanol–water partition coefficient (Wildman–Crippen LogP) is 3.54. The van der Waals surface area contributed by atoms with E-state index in [1.165, 1.54) is 18.4 Å². The molecule has 0 bridgehead atoms. The summed E-state index contributed by atoms with van der Waals surface area (Å²) >= 11 is 0. The Hall–Kier alpha value is -1.15. The largest absolute Gasteiger partial charge is 0.378 e. The molecule has 18 heavy (non-hydrogen) atoms. The maximum atomic E-state index is 11.9. The number of hydrogen-bond acceptors (Lipinski definition) is 2. The first kappa shape index (κ1) is 13.3. The maximum Gasteiger partial charge on any atom is 0.135 e. The first-order valence-corrected chi connectivity index (χ1v) is 7.02. The molecule has 1 aromatic carbocycles. The number of carbonyl (C=O) groups is 1. The minimum Gasteiger partial charge on any atom is -0.378 e. The van der Waals surface area contributed by atoms with E-state index >= 15 is 0 Å². The molecule has 0 aliphatic carbocycles. The Balaban J connectivity index is 1.71. The summed E-state index contributed by atoms with van der Waals surface area (Å²) < 4.78 is 5.70. The molecule has 0 radical (unpaired) electrons. The van der Waals surface area contributed by atoms with Gasteiger partial charge in [-0.2, -0.15) is 0 Å². The van der Waals surface area contributed by atoms with Gasteiger partial charge in [0, 0.05) is 19.4 Å². The molecule has 1 fully saturated rings. The van der Waals surface area contributed by atoms with Gasteiger partial charge in [-0.3, -0.25) is 4.79 Å². The smallest absolute Gasteiger partial charge is 0.135 e. The van der Waals surface area contributed by atoms with E-state index in [0.717, 1.165) is 25.9 Å². The third kappa shape index (κ3) is 4.61. The number of hydrogen-bond donors (Lipinski definition) is 0. The van der Waals surface area contributed by atoms with Crippen molar-refractivity contribution < 1.29 is 9.53 Å². The molecule has 0 amide bonds. The van der Waals surface area contributed by atoms with Crippen LogP contribution >= 0.6 is 0 Å². The predicted molar refractivity (Wildman–Crippen MR) is 72.6 cm³/mol. The second-order valence-electron chi connectivity index (χ2n) is 5.07. The highest BCUT2D eigenvalue weighted by atomic mass is 16.5. The molecule has 1 aliphatic heterocycles. The van der Waals surface area contributed by atoms with E-state index in [1.54, 1.807) is 0 Å². The fraction of sp³-hybridized carbons (Fsp3) is 0.562. The quantitative estimate of drug-likeness (QED) is 0.794. The molecule has 1 aliphatic rings. The molecular weight excluding hydrogens is 224 g/mol. The van der Waals surface area contributed by atoms with Crippen molar-refractivity contribution in [3.8, 4) is 0 Å². The average Bonchev–Trinajstić information content (AvgIpc) is 2.66. The molecule has 1 aromatic rings. The van der Waals surface area contributed by atoms with Gasteiger partial charge in [-0.05, 0) is 24.8 Å². The van der Waals surface area contributed by atoms with Crippen molar-refractivity contribution in [3.63, 3.8) is 0 Å². The molecule has 1 saturated heterocycles. The van der Waals surface area contributed by atoms with Crippen LogP contribution < -0.4 is 0 Å². The lowest BCUT2D eigenvalue weighted by Gasteiger charge is -2.13. The molecular formula is C16H22O2. The van der Waals surface area contributed by atoms with Gasteiger partial charge in [-0.25, -0.2) is 0 Å². The van der Waals surface area contributed by atoms with Gasteiger partial charge in [0.05, 0.1) is 6.10 Å². The monoisotopic (exact) mass is 246 g/mol. The molecule has 0 saturated carbocycles. The van der Waals surface area contributed by atoms with Gasteiger partial charge in [-0.15, -0.1) is 0 Å². The summed E-state index contributed by atoms with van der Waals surface area (Å²) in [5.74, 6) is 0.339. The fourth-order valence-electron chi connectivity index (χ4n) is 2.43. The van der Waals surface area contributed by atoms with Crippen LogP contribution in [-0.2, 0) is 16.0 Å². The third-order valence-electron chi connectivity index (χ3n) is 3.51. The zero-order valence-corrected chi connectivity index (χ0v) is 10.9. The first-order chi connectivity index (χ1) is 8.84. The number of carbonyl (C=O) groups excluding carboxylic acids is 1. The van der Waals surface area contributed by atoms with Gasteiger partial charge in [0.25, 0.3) is 0 Å². The van der Waals surface area contributed by atoms with E-state index in [1.807, 2.05) is 18.2 Å². The molecule has 2 nitrogen and oxygen atoms in total. The van der Waals surface area contributed by atoms with Crippen LogP contribution in [0.4, 0.5) is 0 Å². The van der Waals surface area contributed by atoms with Crippen LogP contribution in [0.2, 0.25) is 0 Å². The van der Waals surface area contributed by atoms with Crippen molar-refractivity contribution in [1.82, 2.24) is 0 Å². The van der Waals surface area contributed by atoms with E-state index in [2.05, 4.69) is 12.1 Å². The number of rotatable bonds is 5. The van der Waals surface area contributed by atoms with Crippen LogP contribution in [0.25, 0.3) is 0 Å². The van der Waals surface area contributed by atoms with E-state index in [4.69, 9.17) is 4.74 Å². The van der Waals surface area contributed by atoms with Gasteiger partial charge < -0.3 is 4.74 Å². The zero-order chi connectivity index (χ0) is 12.6. The summed E-state index contributed by atoms with van der Waals surface area (Å²) in [6, 6.07) is 10.2. The second-order valence-corrected chi connectivity index (χ2v) is 5.07. The molecule has 98 valence electrons. The Kier molecular flexibility index (Phi) is 5.40. The summed E-state index contributed by atoms with van der Waals surface area (Å²) in [4.78, 5) is 11.9. The highest BCUT2D eigenvalue weighted by molar-refractivity contribution is 5.79. The Labute approximate surface area is 109 Å². The topological polar surface area (TPSA) is 26.3 Å². The van der Waals surface area contributed by atoms with E-state index in [0.29, 0.717) is 18.6 Å². The lowest BCUT2D eigenvalue weighted by atomic mass is 10.0. The number of ketones is 1. The van der Waals surface area contributed by atoms with Gasteiger partial charge in [0.2, 0.25) is 0 Å². The Bertz CT molecular complexity index is 351. The second kappa shape index (κ2) is 7.32. The van der Waals surface area contributed by atoms with Crippen molar-refractivity contribution in [1.29, 1.82) is 0 Å². The summed E-state index contributed by atoms with van der Waals surface area (Å²) in [6.07, 6.45) is 6.93. The zero-order valence-electron chi connectivity index (χ0n) is 10.9. The van der Waals surface area contributed by atoms with Crippen LogP contribution in [0.1, 0.15) is 44.1 Å². The number of Topliss-reactive ketones (excluding diaryl/α,β-unsaturated/α-hetero) is 1. The van der Waals surface area contributed by atoms with Crippen molar-refractivity contribution in [2.45, 2.75) is 51.0 Å². The SMILES string of the molecule is O=C(CCc1ccccc1)CC1CCCCCO1. The molecule has 1 unspecified atom stereocenters. The molecule has 2 heteroatoms. The van der Waals surface area contributed by atoms with Gasteiger partial charge in [0.1, 0.15) is 5.78 Å². The highest BCUT2D eigenvalue weighted by Crippen LogP contribution is 2.17. The number of aryl methyl sites for hydroxylation is 1. The molecule has 0 aromatic heterocycles. The lowest BCUT2D eigenvalue weighted by molar-refractivity contribution is -0.121. The third-order valence-corrected chi connectivity index (χ3v) is 3.51. The molecule has 1 atom stereocenters. The van der Waals surface area contributed by atoms with E-state index in [-0.39, 0.29) is 6.10 Å². The lowest BCUT2D eigenvalue weighted by Crippen LogP contribution is -2.17. The van der Waals surface area contributed by atoms with Crippen molar-refractivity contribution >= 4 is 5.78 Å². The van der Waals surface area contributed by atoms with Crippen molar-refractivity contribution in [2.75, 3.05) is 6.61 Å². The molecule has 1 heterocycles. The Morgan fingerprint density at radius 1 is 1.17 bits per heavy atom. The van der Waals surface area contributed by atoms with Crippen LogP contribution in [0, 0.1) is 0 Å². The van der Waals surface area contributed by atoms with Crippen LogP contribution in [0.3, 0.4) is 0 Å². The maximum absolute atomic E-state index is 11.9. The normalized spacial score (nSPS) is 20.3. The summed E-state index contributed by atoms with van der Waals surface area (Å²) in [5.41, 5.74) is 1.24. The van der Waals surface area contributed by atoms with Crippen molar-refractivity contribution in [2.24, 2.45) is 0 Å². The molecule has 2 rings (SSSR count).